The van der Waals surface area contributed by atoms with Crippen LogP contribution in [0.1, 0.15) is 18.4 Å². The highest BCUT2D eigenvalue weighted by Gasteiger charge is 2.36. The molecule has 0 saturated carbocycles. The summed E-state index contributed by atoms with van der Waals surface area (Å²) in [6.45, 7) is 1.91. The molecule has 0 amide bonds. The predicted molar refractivity (Wildman–Crippen MR) is 95.9 cm³/mol. The number of para-hydroxylation sites is 1. The number of nitrogens with one attached hydrogen (secondary N) is 1. The van der Waals surface area contributed by atoms with Crippen LogP contribution in [0.15, 0.2) is 53.4 Å². The summed E-state index contributed by atoms with van der Waals surface area (Å²) >= 11 is 0. The Labute approximate surface area is 152 Å². The first-order valence-corrected chi connectivity index (χ1v) is 10.2. The van der Waals surface area contributed by atoms with Crippen LogP contribution in [0, 0.1) is 5.82 Å². The molecule has 1 N–H and O–H groups in total. The molecule has 2 aromatic rings. The lowest BCUT2D eigenvalue weighted by Gasteiger charge is -2.22. The van der Waals surface area contributed by atoms with Crippen molar-refractivity contribution in [3.05, 3.63) is 59.9 Å². The predicted octanol–water partition coefficient (Wildman–Crippen LogP) is 2.53. The van der Waals surface area contributed by atoms with E-state index in [1.807, 2.05) is 6.07 Å². The zero-order valence-corrected chi connectivity index (χ0v) is 15.1. The van der Waals surface area contributed by atoms with Crippen LogP contribution in [0.5, 0.6) is 5.75 Å². The molecule has 0 spiro atoms. The molecule has 0 bridgehead atoms. The van der Waals surface area contributed by atoms with Gasteiger partial charge in [0.25, 0.3) is 0 Å². The third-order valence-electron chi connectivity index (χ3n) is 5.01. The van der Waals surface area contributed by atoms with Crippen LogP contribution in [0.3, 0.4) is 0 Å². The molecule has 26 heavy (non-hydrogen) atoms. The molecule has 4 rings (SSSR count). The standard InChI is InChI=1S/C19H21FN2O3S/c20-15-6-2-1-5-14(15)13-22-11-9-16-17(10-12-22)25-18-7-3-4-8-19(18)26(23,24)21-16/h1-8,16-17,21H,9-13H2/t16-,17-/m0/s1. The summed E-state index contributed by atoms with van der Waals surface area (Å²) in [7, 11) is -3.60. The molecule has 138 valence electrons. The largest absolute Gasteiger partial charge is 0.487 e. The van der Waals surface area contributed by atoms with Crippen molar-refractivity contribution < 1.29 is 17.5 Å². The Morgan fingerprint density at radius 1 is 1.08 bits per heavy atom. The number of nitrogens with zero attached hydrogens (tertiary/aromatic N) is 1. The van der Waals surface area contributed by atoms with Gasteiger partial charge in [-0.2, -0.15) is 0 Å². The van der Waals surface area contributed by atoms with Gasteiger partial charge in [0.2, 0.25) is 10.0 Å². The normalized spacial score (nSPS) is 25.3. The van der Waals surface area contributed by atoms with Gasteiger partial charge in [-0.05, 0) is 31.0 Å². The van der Waals surface area contributed by atoms with Crippen LogP contribution in [-0.4, -0.2) is 38.6 Å². The Morgan fingerprint density at radius 2 is 1.81 bits per heavy atom. The molecule has 2 aromatic carbocycles. The molecule has 0 aliphatic carbocycles. The van der Waals surface area contributed by atoms with E-state index >= 15 is 0 Å². The second-order valence-electron chi connectivity index (χ2n) is 6.78. The Morgan fingerprint density at radius 3 is 2.65 bits per heavy atom. The summed E-state index contributed by atoms with van der Waals surface area (Å²) in [5, 5.41) is 0. The Bertz CT molecular complexity index is 903. The minimum atomic E-state index is -3.60. The number of hydrogen-bond acceptors (Lipinski definition) is 4. The van der Waals surface area contributed by atoms with E-state index in [0.29, 0.717) is 37.2 Å². The minimum absolute atomic E-state index is 0.191. The van der Waals surface area contributed by atoms with Crippen molar-refractivity contribution in [2.24, 2.45) is 0 Å². The lowest BCUT2D eigenvalue weighted by molar-refractivity contribution is 0.156. The molecule has 0 unspecified atom stereocenters. The number of fused-ring (bicyclic) bond motifs is 2. The number of ether oxygens (including phenoxy) is 1. The van der Waals surface area contributed by atoms with E-state index in [4.69, 9.17) is 4.74 Å². The first-order chi connectivity index (χ1) is 12.5. The number of sulfonamides is 1. The molecule has 5 nitrogen and oxygen atoms in total. The van der Waals surface area contributed by atoms with Crippen molar-refractivity contribution >= 4 is 10.0 Å². The van der Waals surface area contributed by atoms with Gasteiger partial charge < -0.3 is 4.74 Å². The van der Waals surface area contributed by atoms with Crippen LogP contribution in [0.4, 0.5) is 4.39 Å². The second-order valence-corrected chi connectivity index (χ2v) is 8.46. The first kappa shape index (κ1) is 17.5. The molecule has 2 atom stereocenters. The average molecular weight is 376 g/mol. The smallest absolute Gasteiger partial charge is 0.244 e. The highest BCUT2D eigenvalue weighted by Crippen LogP contribution is 2.31. The summed E-state index contributed by atoms with van der Waals surface area (Å²) in [4.78, 5) is 2.34. The van der Waals surface area contributed by atoms with E-state index in [9.17, 15) is 12.8 Å². The number of benzene rings is 2. The van der Waals surface area contributed by atoms with Gasteiger partial charge in [-0.25, -0.2) is 17.5 Å². The maximum absolute atomic E-state index is 13.9. The van der Waals surface area contributed by atoms with Gasteiger partial charge in [0.15, 0.2) is 0 Å². The van der Waals surface area contributed by atoms with Crippen molar-refractivity contribution in [1.29, 1.82) is 0 Å². The van der Waals surface area contributed by atoms with Gasteiger partial charge in [0.1, 0.15) is 22.6 Å². The van der Waals surface area contributed by atoms with E-state index in [0.717, 1.165) is 6.54 Å². The van der Waals surface area contributed by atoms with Crippen LogP contribution in [0.25, 0.3) is 0 Å². The monoisotopic (exact) mass is 376 g/mol. The molecule has 1 saturated heterocycles. The molecular weight excluding hydrogens is 355 g/mol. The lowest BCUT2D eigenvalue weighted by atomic mass is 10.1. The van der Waals surface area contributed by atoms with Crippen molar-refractivity contribution in [3.8, 4) is 5.75 Å². The van der Waals surface area contributed by atoms with E-state index in [-0.39, 0.29) is 22.9 Å². The first-order valence-electron chi connectivity index (χ1n) is 8.77. The average Bonchev–Trinajstić information content (AvgIpc) is 2.86. The number of rotatable bonds is 2. The van der Waals surface area contributed by atoms with Crippen molar-refractivity contribution in [2.75, 3.05) is 13.1 Å². The fraction of sp³-hybridized carbons (Fsp3) is 0.368. The summed E-state index contributed by atoms with van der Waals surface area (Å²) in [5.41, 5.74) is 0.654. The van der Waals surface area contributed by atoms with Crippen molar-refractivity contribution in [2.45, 2.75) is 36.4 Å². The van der Waals surface area contributed by atoms with Gasteiger partial charge in [-0.3, -0.25) is 4.90 Å². The number of hydrogen-bond donors (Lipinski definition) is 1. The van der Waals surface area contributed by atoms with E-state index in [2.05, 4.69) is 9.62 Å². The van der Waals surface area contributed by atoms with Gasteiger partial charge in [-0.15, -0.1) is 0 Å². The van der Waals surface area contributed by atoms with E-state index in [1.165, 1.54) is 6.07 Å². The van der Waals surface area contributed by atoms with Crippen LogP contribution in [-0.2, 0) is 16.6 Å². The summed E-state index contributed by atoms with van der Waals surface area (Å²) in [5.74, 6) is 0.187. The molecule has 1 fully saturated rings. The maximum Gasteiger partial charge on any atom is 0.244 e. The maximum atomic E-state index is 13.9. The topological polar surface area (TPSA) is 58.6 Å². The van der Waals surface area contributed by atoms with Crippen LogP contribution in [0.2, 0.25) is 0 Å². The summed E-state index contributed by atoms with van der Waals surface area (Å²) in [6.07, 6.45) is 1.06. The van der Waals surface area contributed by atoms with E-state index < -0.39 is 10.0 Å². The number of likely N-dealkylation sites (tertiary alicyclic amines) is 1. The fourth-order valence-corrected chi connectivity index (χ4v) is 5.06. The Kier molecular flexibility index (Phi) is 4.69. The third kappa shape index (κ3) is 3.47. The van der Waals surface area contributed by atoms with Gasteiger partial charge >= 0.3 is 0 Å². The highest BCUT2D eigenvalue weighted by atomic mass is 32.2. The van der Waals surface area contributed by atoms with Gasteiger partial charge in [-0.1, -0.05) is 30.3 Å². The Hall–Kier alpha value is -1.96. The van der Waals surface area contributed by atoms with Crippen molar-refractivity contribution in [3.63, 3.8) is 0 Å². The molecule has 0 radical (unpaired) electrons. The third-order valence-corrected chi connectivity index (χ3v) is 6.54. The van der Waals surface area contributed by atoms with Gasteiger partial charge in [0.05, 0.1) is 6.04 Å². The zero-order chi connectivity index (χ0) is 18.1. The quantitative estimate of drug-likeness (QED) is 0.875. The molecule has 2 aliphatic heterocycles. The zero-order valence-electron chi connectivity index (χ0n) is 14.3. The Balaban J connectivity index is 1.53. The van der Waals surface area contributed by atoms with Crippen molar-refractivity contribution in [1.82, 2.24) is 9.62 Å². The fourth-order valence-electron chi connectivity index (χ4n) is 3.63. The number of halogens is 1. The summed E-state index contributed by atoms with van der Waals surface area (Å²) in [6, 6.07) is 13.2. The molecule has 0 aromatic heterocycles. The highest BCUT2D eigenvalue weighted by molar-refractivity contribution is 7.89. The molecule has 2 aliphatic rings. The molecular formula is C19H21FN2O3S. The minimum Gasteiger partial charge on any atom is -0.487 e. The van der Waals surface area contributed by atoms with Crippen LogP contribution < -0.4 is 9.46 Å². The second kappa shape index (κ2) is 6.98. The van der Waals surface area contributed by atoms with Gasteiger partial charge in [0, 0.05) is 25.2 Å². The summed E-state index contributed by atoms with van der Waals surface area (Å²) < 4.78 is 48.0. The van der Waals surface area contributed by atoms with Crippen LogP contribution >= 0.6 is 0 Å². The molecule has 7 heteroatoms. The molecule has 2 heterocycles. The SMILES string of the molecule is O=S1(=O)N[C@H]2CCN(Cc3ccccc3F)CC[C@@H]2Oc2ccccc21. The van der Waals surface area contributed by atoms with E-state index in [1.54, 1.807) is 36.4 Å². The lowest BCUT2D eigenvalue weighted by Crippen LogP contribution is -2.43.